The van der Waals surface area contributed by atoms with E-state index in [-0.39, 0.29) is 18.1 Å². The van der Waals surface area contributed by atoms with Crippen molar-refractivity contribution in [2.45, 2.75) is 49.3 Å². The summed E-state index contributed by atoms with van der Waals surface area (Å²) in [5, 5.41) is 7.07. The lowest BCUT2D eigenvalue weighted by molar-refractivity contribution is 0.224. The van der Waals surface area contributed by atoms with Crippen molar-refractivity contribution in [3.8, 4) is 5.75 Å². The summed E-state index contributed by atoms with van der Waals surface area (Å²) in [5.41, 5.74) is 11.9. The number of allylic oxidation sites excluding steroid dienone is 6. The highest BCUT2D eigenvalue weighted by atomic mass is 16.5. The fraction of sp³-hybridized carbons (Fsp3) is 0.220. The van der Waals surface area contributed by atoms with Crippen molar-refractivity contribution < 1.29 is 4.74 Å². The molecule has 3 aromatic carbocycles. The number of hydrogen-bond acceptors (Lipinski definition) is 4. The summed E-state index contributed by atoms with van der Waals surface area (Å²) >= 11 is 0. The van der Waals surface area contributed by atoms with Crippen LogP contribution in [-0.2, 0) is 0 Å². The van der Waals surface area contributed by atoms with E-state index in [9.17, 15) is 0 Å². The third-order valence-electron chi connectivity index (χ3n) is 10.3. The molecular formula is C41H37N3O. The van der Waals surface area contributed by atoms with Crippen LogP contribution in [0, 0.1) is 0 Å². The first-order valence-electron chi connectivity index (χ1n) is 16.4. The van der Waals surface area contributed by atoms with Crippen LogP contribution in [0.3, 0.4) is 0 Å². The smallest absolute Gasteiger partial charge is 0.137 e. The van der Waals surface area contributed by atoms with Gasteiger partial charge < -0.3 is 20.3 Å². The molecule has 0 radical (unpaired) electrons. The van der Waals surface area contributed by atoms with Crippen LogP contribution in [0.15, 0.2) is 151 Å². The highest BCUT2D eigenvalue weighted by molar-refractivity contribution is 5.77. The van der Waals surface area contributed by atoms with E-state index < -0.39 is 0 Å². The fourth-order valence-electron chi connectivity index (χ4n) is 8.11. The van der Waals surface area contributed by atoms with Gasteiger partial charge in [-0.15, -0.1) is 0 Å². The number of para-hydroxylation sites is 2. The van der Waals surface area contributed by atoms with Gasteiger partial charge in [0.2, 0.25) is 0 Å². The van der Waals surface area contributed by atoms with E-state index in [1.165, 1.54) is 50.3 Å². The lowest BCUT2D eigenvalue weighted by atomic mass is 9.82. The number of fused-ring (bicyclic) bond motifs is 7. The fourth-order valence-corrected chi connectivity index (χ4v) is 8.11. The molecule has 0 amide bonds. The minimum atomic E-state index is -0.0856. The van der Waals surface area contributed by atoms with Gasteiger partial charge in [-0.3, -0.25) is 0 Å². The minimum absolute atomic E-state index is 0.0856. The van der Waals surface area contributed by atoms with Crippen molar-refractivity contribution in [2.24, 2.45) is 0 Å². The third kappa shape index (κ3) is 4.50. The molecule has 4 heteroatoms. The van der Waals surface area contributed by atoms with Crippen LogP contribution in [0.5, 0.6) is 5.75 Å². The second-order valence-electron chi connectivity index (χ2n) is 12.9. The topological polar surface area (TPSA) is 36.5 Å². The largest absolute Gasteiger partial charge is 0.484 e. The molecule has 0 saturated carbocycles. The quantitative estimate of drug-likeness (QED) is 0.321. The first kappa shape index (κ1) is 26.4. The van der Waals surface area contributed by atoms with Crippen LogP contribution in [0.2, 0.25) is 0 Å². The van der Waals surface area contributed by atoms with Crippen LogP contribution < -0.4 is 20.3 Å². The Balaban J connectivity index is 1.24. The van der Waals surface area contributed by atoms with E-state index in [1.54, 1.807) is 0 Å². The van der Waals surface area contributed by atoms with Gasteiger partial charge in [0.15, 0.2) is 0 Å². The van der Waals surface area contributed by atoms with Gasteiger partial charge in [-0.25, -0.2) is 0 Å². The Hall–Kier alpha value is -4.96. The summed E-state index contributed by atoms with van der Waals surface area (Å²) < 4.78 is 6.89. The monoisotopic (exact) mass is 587 g/mol. The summed E-state index contributed by atoms with van der Waals surface area (Å²) in [6, 6.07) is 25.3. The molecule has 0 saturated heterocycles. The molecule has 0 aromatic heterocycles. The Labute approximate surface area is 265 Å². The number of dihydropyridines is 1. The molecule has 2 aliphatic carbocycles. The molecule has 0 bridgehead atoms. The summed E-state index contributed by atoms with van der Waals surface area (Å²) in [6.07, 6.45) is 27.6. The number of hydrogen-bond donors (Lipinski definition) is 2. The zero-order valence-corrected chi connectivity index (χ0v) is 25.3. The summed E-state index contributed by atoms with van der Waals surface area (Å²) in [5.74, 6) is 1.50. The average molecular weight is 588 g/mol. The molecular weight excluding hydrogens is 550 g/mol. The van der Waals surface area contributed by atoms with Crippen LogP contribution in [0.1, 0.15) is 59.5 Å². The molecule has 4 nitrogen and oxygen atoms in total. The number of benzene rings is 3. The Kier molecular flexibility index (Phi) is 6.40. The maximum absolute atomic E-state index is 6.89. The number of nitrogens with one attached hydrogen (secondary N) is 2. The molecule has 9 rings (SSSR count). The molecule has 4 heterocycles. The van der Waals surface area contributed by atoms with Gasteiger partial charge in [0, 0.05) is 35.0 Å². The summed E-state index contributed by atoms with van der Waals surface area (Å²) in [7, 11) is 0. The zero-order chi connectivity index (χ0) is 29.7. The van der Waals surface area contributed by atoms with E-state index in [0.717, 1.165) is 31.6 Å². The Morgan fingerprint density at radius 1 is 0.778 bits per heavy atom. The second kappa shape index (κ2) is 10.9. The van der Waals surface area contributed by atoms with Gasteiger partial charge in [-0.2, -0.15) is 0 Å². The molecule has 222 valence electrons. The summed E-state index contributed by atoms with van der Waals surface area (Å²) in [6.45, 7) is 0.855. The molecule has 3 aromatic rings. The summed E-state index contributed by atoms with van der Waals surface area (Å²) in [4.78, 5) is 2.64. The Bertz CT molecular complexity index is 1880. The van der Waals surface area contributed by atoms with Crippen LogP contribution in [0.25, 0.3) is 0 Å². The maximum atomic E-state index is 6.89. The van der Waals surface area contributed by atoms with Crippen molar-refractivity contribution in [1.82, 2.24) is 10.6 Å². The number of ether oxygens (including phenoxy) is 1. The first-order valence-corrected chi connectivity index (χ1v) is 16.4. The Morgan fingerprint density at radius 2 is 1.67 bits per heavy atom. The zero-order valence-electron chi connectivity index (χ0n) is 25.3. The van der Waals surface area contributed by atoms with Gasteiger partial charge >= 0.3 is 0 Å². The van der Waals surface area contributed by atoms with Gasteiger partial charge in [0.25, 0.3) is 0 Å². The highest BCUT2D eigenvalue weighted by Crippen LogP contribution is 2.57. The van der Waals surface area contributed by atoms with E-state index in [1.807, 2.05) is 6.20 Å². The molecule has 45 heavy (non-hydrogen) atoms. The van der Waals surface area contributed by atoms with Gasteiger partial charge in [0.05, 0.1) is 18.0 Å². The van der Waals surface area contributed by atoms with Crippen molar-refractivity contribution >= 4 is 11.4 Å². The van der Waals surface area contributed by atoms with E-state index in [2.05, 4.69) is 143 Å². The van der Waals surface area contributed by atoms with E-state index in [4.69, 9.17) is 4.74 Å². The maximum Gasteiger partial charge on any atom is 0.137 e. The normalized spacial score (nSPS) is 27.1. The minimum Gasteiger partial charge on any atom is -0.484 e. The van der Waals surface area contributed by atoms with Crippen molar-refractivity contribution in [3.63, 3.8) is 0 Å². The molecule has 5 unspecified atom stereocenters. The predicted molar refractivity (Wildman–Crippen MR) is 183 cm³/mol. The molecule has 6 aliphatic rings. The predicted octanol–water partition coefficient (Wildman–Crippen LogP) is 8.55. The van der Waals surface area contributed by atoms with Gasteiger partial charge in [-0.05, 0) is 83.8 Å². The standard InChI is InChI=1S/C41H37N3O/c1-2-10-27(11-3-1)28-18-19-38-35(25-28)40-34-14-5-7-17-39(34)45-41(40)33-13-4-6-16-37(33)44(38)32-23-30(29-12-8-20-42-26-29)22-31(24-32)36-15-9-21-43-36/h1-10,12-14,16-22,24-25,27,32,36,40-43H,11,15,23,26H2. The van der Waals surface area contributed by atoms with E-state index in [0.29, 0.717) is 12.0 Å². The van der Waals surface area contributed by atoms with Crippen LogP contribution >= 0.6 is 0 Å². The van der Waals surface area contributed by atoms with Crippen molar-refractivity contribution in [1.29, 1.82) is 0 Å². The molecule has 2 N–H and O–H groups in total. The molecule has 5 atom stereocenters. The average Bonchev–Trinajstić information content (AvgIpc) is 3.77. The lowest BCUT2D eigenvalue weighted by Gasteiger charge is -2.38. The molecule has 0 spiro atoms. The lowest BCUT2D eigenvalue weighted by Crippen LogP contribution is -2.35. The second-order valence-corrected chi connectivity index (χ2v) is 12.9. The number of anilines is 2. The SMILES string of the molecule is C1=CCC(c2ccc3c(c2)C2c4ccccc4OC2c2ccccc2N3C2C=C(C3CC=CN3)C=C(C3=CC=CNC3)C2)C=C1. The number of nitrogens with zero attached hydrogens (tertiary/aromatic N) is 1. The van der Waals surface area contributed by atoms with Crippen LogP contribution in [0.4, 0.5) is 11.4 Å². The first-order chi connectivity index (χ1) is 22.3. The molecule has 4 aliphatic heterocycles. The molecule has 0 fully saturated rings. The highest BCUT2D eigenvalue weighted by Gasteiger charge is 2.44. The van der Waals surface area contributed by atoms with Crippen molar-refractivity contribution in [2.75, 3.05) is 11.4 Å². The van der Waals surface area contributed by atoms with Gasteiger partial charge in [0.1, 0.15) is 11.9 Å². The van der Waals surface area contributed by atoms with Gasteiger partial charge in [-0.1, -0.05) is 97.1 Å². The third-order valence-corrected chi connectivity index (χ3v) is 10.3. The van der Waals surface area contributed by atoms with Crippen LogP contribution in [-0.4, -0.2) is 18.6 Å². The van der Waals surface area contributed by atoms with Crippen molar-refractivity contribution in [3.05, 3.63) is 173 Å². The number of rotatable bonds is 4. The van der Waals surface area contributed by atoms with E-state index >= 15 is 0 Å². The Morgan fingerprint density at radius 3 is 2.51 bits per heavy atom.